The van der Waals surface area contributed by atoms with Gasteiger partial charge in [-0.25, -0.2) is 4.39 Å². The molecule has 0 heterocycles. The third-order valence-electron chi connectivity index (χ3n) is 7.85. The summed E-state index contributed by atoms with van der Waals surface area (Å²) in [6.45, 7) is 2.38. The summed E-state index contributed by atoms with van der Waals surface area (Å²) in [5, 5.41) is 6.22. The first-order valence-corrected chi connectivity index (χ1v) is 16.0. The lowest BCUT2D eigenvalue weighted by Crippen LogP contribution is -2.46. The zero-order valence-electron chi connectivity index (χ0n) is 26.5. The molecule has 0 aliphatic rings. The fourth-order valence-corrected chi connectivity index (χ4v) is 5.46. The van der Waals surface area contributed by atoms with Gasteiger partial charge in [-0.2, -0.15) is 0 Å². The second-order valence-corrected chi connectivity index (χ2v) is 11.6. The smallest absolute Gasteiger partial charge is 0.252 e. The maximum absolute atomic E-state index is 14.2. The highest BCUT2D eigenvalue weighted by Crippen LogP contribution is 2.39. The van der Waals surface area contributed by atoms with E-state index in [4.69, 9.17) is 22.1 Å². The minimum absolute atomic E-state index is 0. The van der Waals surface area contributed by atoms with Crippen molar-refractivity contribution in [1.29, 1.82) is 0 Å². The third kappa shape index (κ3) is 9.22. The van der Waals surface area contributed by atoms with Crippen molar-refractivity contribution >= 4 is 35.8 Å². The second kappa shape index (κ2) is 17.5. The predicted octanol–water partition coefficient (Wildman–Crippen LogP) is 9.09. The molecule has 9 heteroatoms. The van der Waals surface area contributed by atoms with Crippen molar-refractivity contribution in [2.75, 3.05) is 0 Å². The number of benzene rings is 5. The number of amides is 2. The van der Waals surface area contributed by atoms with E-state index in [1.807, 2.05) is 79.7 Å². The fourth-order valence-electron chi connectivity index (χ4n) is 5.30. The fraction of sp³-hybridized carbons (Fsp3) is 0.179. The summed E-state index contributed by atoms with van der Waals surface area (Å²) in [5.41, 5.74) is 10.6. The van der Waals surface area contributed by atoms with Crippen molar-refractivity contribution in [3.63, 3.8) is 0 Å². The van der Waals surface area contributed by atoms with Crippen LogP contribution in [0.1, 0.15) is 47.7 Å². The van der Waals surface area contributed by atoms with Crippen LogP contribution in [0.5, 0.6) is 11.5 Å². The van der Waals surface area contributed by atoms with Gasteiger partial charge in [0.2, 0.25) is 5.91 Å². The molecular weight excluding hydrogens is 648 g/mol. The molecule has 1 unspecified atom stereocenters. The molecule has 1 atom stereocenters. The zero-order chi connectivity index (χ0) is 33.2. The number of rotatable bonds is 13. The maximum atomic E-state index is 14.2. The molecule has 0 radical (unpaired) electrons. The van der Waals surface area contributed by atoms with Crippen molar-refractivity contribution in [2.24, 2.45) is 5.73 Å². The van der Waals surface area contributed by atoms with Crippen LogP contribution in [0.2, 0.25) is 5.02 Å². The van der Waals surface area contributed by atoms with Crippen molar-refractivity contribution < 1.29 is 18.7 Å². The monoisotopic (exact) mass is 685 g/mol. The van der Waals surface area contributed by atoms with Crippen LogP contribution in [0.3, 0.4) is 0 Å². The number of carbonyl (C=O) groups excluding carboxylic acids is 2. The van der Waals surface area contributed by atoms with Gasteiger partial charge in [-0.05, 0) is 71.1 Å². The van der Waals surface area contributed by atoms with Gasteiger partial charge in [0.25, 0.3) is 5.91 Å². The molecule has 0 spiro atoms. The van der Waals surface area contributed by atoms with Crippen LogP contribution in [-0.4, -0.2) is 17.9 Å². The molecule has 2 amide bonds. The molecule has 0 saturated carbocycles. The predicted molar refractivity (Wildman–Crippen MR) is 193 cm³/mol. The van der Waals surface area contributed by atoms with Gasteiger partial charge >= 0.3 is 0 Å². The lowest BCUT2D eigenvalue weighted by atomic mass is 9.93. The molecule has 5 rings (SSSR count). The molecule has 0 bridgehead atoms. The van der Waals surface area contributed by atoms with E-state index in [0.29, 0.717) is 51.7 Å². The molecule has 5 aromatic rings. The Bertz CT molecular complexity index is 1850. The molecule has 5 aromatic carbocycles. The van der Waals surface area contributed by atoms with E-state index in [-0.39, 0.29) is 24.9 Å². The third-order valence-corrected chi connectivity index (χ3v) is 8.08. The minimum Gasteiger partial charge on any atom is -0.457 e. The lowest BCUT2D eigenvalue weighted by Gasteiger charge is -2.21. The van der Waals surface area contributed by atoms with Gasteiger partial charge in [-0.1, -0.05) is 98.1 Å². The molecule has 48 heavy (non-hydrogen) atoms. The van der Waals surface area contributed by atoms with Crippen LogP contribution in [0, 0.1) is 5.82 Å². The Kier molecular flexibility index (Phi) is 13.1. The molecule has 0 aromatic heterocycles. The molecule has 0 aliphatic heterocycles. The summed E-state index contributed by atoms with van der Waals surface area (Å²) in [6, 6.07) is 33.6. The summed E-state index contributed by atoms with van der Waals surface area (Å²) >= 11 is 6.45. The maximum Gasteiger partial charge on any atom is 0.252 e. The number of nitrogens with two attached hydrogens (primary N) is 1. The van der Waals surface area contributed by atoms with Crippen LogP contribution in [-0.2, 0) is 17.9 Å². The topological polar surface area (TPSA) is 93.4 Å². The Balaban J connectivity index is 0.00000520. The first kappa shape index (κ1) is 36.2. The number of halogens is 3. The van der Waals surface area contributed by atoms with E-state index in [2.05, 4.69) is 10.6 Å². The first-order valence-electron chi connectivity index (χ1n) is 15.6. The zero-order valence-corrected chi connectivity index (χ0v) is 28.1. The Hall–Kier alpha value is -4.69. The van der Waals surface area contributed by atoms with Crippen molar-refractivity contribution in [3.05, 3.63) is 143 Å². The molecule has 4 N–H and O–H groups in total. The quantitative estimate of drug-likeness (QED) is 0.115. The van der Waals surface area contributed by atoms with E-state index in [1.165, 1.54) is 6.07 Å². The normalized spacial score (nSPS) is 11.2. The lowest BCUT2D eigenvalue weighted by molar-refractivity contribution is -0.123. The van der Waals surface area contributed by atoms with E-state index in [9.17, 15) is 14.0 Å². The van der Waals surface area contributed by atoms with Crippen LogP contribution >= 0.6 is 24.0 Å². The van der Waals surface area contributed by atoms with Gasteiger partial charge in [0, 0.05) is 40.9 Å². The van der Waals surface area contributed by atoms with Crippen molar-refractivity contribution in [2.45, 2.75) is 45.3 Å². The van der Waals surface area contributed by atoms with Crippen LogP contribution < -0.4 is 21.1 Å². The minimum atomic E-state index is -0.823. The Morgan fingerprint density at radius 2 is 1.62 bits per heavy atom. The Labute approximate surface area is 291 Å². The van der Waals surface area contributed by atoms with Gasteiger partial charge in [0.1, 0.15) is 23.4 Å². The van der Waals surface area contributed by atoms with E-state index < -0.39 is 17.8 Å². The van der Waals surface area contributed by atoms with E-state index >= 15 is 0 Å². The van der Waals surface area contributed by atoms with Gasteiger partial charge in [-0.3, -0.25) is 9.59 Å². The summed E-state index contributed by atoms with van der Waals surface area (Å²) in [4.78, 5) is 27.4. The molecule has 0 aliphatic carbocycles. The van der Waals surface area contributed by atoms with Crippen LogP contribution in [0.25, 0.3) is 22.3 Å². The highest BCUT2D eigenvalue weighted by molar-refractivity contribution is 6.30. The average Bonchev–Trinajstić information content (AvgIpc) is 3.10. The standard InChI is InChI=1S/C39H37ClFN3O3.ClH/c1-2-3-16-36(39(46)43-25-29-13-7-8-15-35(29)41)44-38(45)33-19-17-28(27-11-5-4-6-12-27)22-34(33)32-20-18-30(40)23-37(32)47-31-14-9-10-26(21-31)24-42;/h4-15,17-23,36H,2-3,16,24-25,42H2,1H3,(H,43,46)(H,44,45);1H. The van der Waals surface area contributed by atoms with Crippen LogP contribution in [0.15, 0.2) is 115 Å². The summed E-state index contributed by atoms with van der Waals surface area (Å²) in [5.74, 6) is -0.176. The van der Waals surface area contributed by atoms with Gasteiger partial charge in [0.05, 0.1) is 0 Å². The number of ether oxygens (including phenoxy) is 1. The van der Waals surface area contributed by atoms with Crippen molar-refractivity contribution in [1.82, 2.24) is 10.6 Å². The number of hydrogen-bond acceptors (Lipinski definition) is 4. The summed E-state index contributed by atoms with van der Waals surface area (Å²) in [6.07, 6.45) is 1.98. The largest absolute Gasteiger partial charge is 0.457 e. The molecule has 0 saturated heterocycles. The Morgan fingerprint density at radius 3 is 2.38 bits per heavy atom. The SMILES string of the molecule is CCCCC(NC(=O)c1ccc(-c2ccccc2)cc1-c1ccc(Cl)cc1Oc1cccc(CN)c1)C(=O)NCc1ccccc1F.Cl. The van der Waals surface area contributed by atoms with E-state index in [1.54, 1.807) is 36.4 Å². The molecular formula is C39H38Cl2FN3O3. The number of nitrogens with one attached hydrogen (secondary N) is 2. The van der Waals surface area contributed by atoms with Crippen LogP contribution in [0.4, 0.5) is 4.39 Å². The highest BCUT2D eigenvalue weighted by Gasteiger charge is 2.24. The van der Waals surface area contributed by atoms with Crippen molar-refractivity contribution in [3.8, 4) is 33.8 Å². The van der Waals surface area contributed by atoms with E-state index in [0.717, 1.165) is 29.5 Å². The molecule has 0 fully saturated rings. The van der Waals surface area contributed by atoms with Gasteiger partial charge in [0.15, 0.2) is 0 Å². The van der Waals surface area contributed by atoms with Gasteiger partial charge < -0.3 is 21.1 Å². The summed E-state index contributed by atoms with van der Waals surface area (Å²) in [7, 11) is 0. The number of hydrogen-bond donors (Lipinski definition) is 3. The first-order chi connectivity index (χ1) is 22.9. The molecule has 248 valence electrons. The highest BCUT2D eigenvalue weighted by atomic mass is 35.5. The number of unbranched alkanes of at least 4 members (excludes halogenated alkanes) is 1. The van der Waals surface area contributed by atoms with Gasteiger partial charge in [-0.15, -0.1) is 12.4 Å². The Morgan fingerprint density at radius 1 is 0.854 bits per heavy atom. The average molecular weight is 687 g/mol. The second-order valence-electron chi connectivity index (χ2n) is 11.2. The molecule has 6 nitrogen and oxygen atoms in total. The summed E-state index contributed by atoms with van der Waals surface area (Å²) < 4.78 is 20.6. The number of carbonyl (C=O) groups is 2.